The van der Waals surface area contributed by atoms with E-state index in [1.54, 1.807) is 7.11 Å². The number of carboxylic acids is 1. The molecule has 5 nitrogen and oxygen atoms in total. The van der Waals surface area contributed by atoms with Gasteiger partial charge in [0.05, 0.1) is 13.0 Å². The van der Waals surface area contributed by atoms with Crippen molar-refractivity contribution in [2.45, 2.75) is 52.2 Å². The molecule has 1 aliphatic carbocycles. The fraction of sp³-hybridized carbons (Fsp3) is 0.464. The van der Waals surface area contributed by atoms with E-state index < -0.39 is 5.97 Å². The van der Waals surface area contributed by atoms with Gasteiger partial charge in [0, 0.05) is 32.3 Å². The van der Waals surface area contributed by atoms with Crippen molar-refractivity contribution in [2.75, 3.05) is 26.7 Å². The molecule has 0 radical (unpaired) electrons. The average Bonchev–Trinajstić information content (AvgIpc) is 3.55. The largest absolute Gasteiger partial charge is 0.488 e. The van der Waals surface area contributed by atoms with Gasteiger partial charge >= 0.3 is 5.97 Å². The normalized spacial score (nSPS) is 19.3. The molecular formula is C28H33NO4. The highest BCUT2D eigenvalue weighted by molar-refractivity contribution is 5.87. The number of aryl methyl sites for hydroxylation is 1. The Morgan fingerprint density at radius 3 is 2.61 bits per heavy atom. The van der Waals surface area contributed by atoms with Crippen molar-refractivity contribution < 1.29 is 19.4 Å². The van der Waals surface area contributed by atoms with Gasteiger partial charge in [-0.15, -0.1) is 0 Å². The van der Waals surface area contributed by atoms with E-state index in [4.69, 9.17) is 9.47 Å². The standard InChI is InChI=1S/C28H33NO4/c1-19-3-6-25-24(13-19)27(23-5-4-20(16-32-2)14-22(23)17-33-25)21-7-11-29(12-8-21)18-28(9-10-28)15-26(30)31/h3-6,13-14H,7-12,15-18H2,1-2H3,(H,30,31). The van der Waals surface area contributed by atoms with Gasteiger partial charge in [-0.05, 0) is 78.5 Å². The van der Waals surface area contributed by atoms with Gasteiger partial charge < -0.3 is 19.5 Å². The van der Waals surface area contributed by atoms with E-state index >= 15 is 0 Å². The van der Waals surface area contributed by atoms with E-state index in [-0.39, 0.29) is 5.41 Å². The molecular weight excluding hydrogens is 414 g/mol. The molecule has 5 rings (SSSR count). The van der Waals surface area contributed by atoms with E-state index in [1.807, 2.05) is 0 Å². The second kappa shape index (κ2) is 8.96. The first-order chi connectivity index (χ1) is 16.0. The Hall–Kier alpha value is -2.63. The maximum absolute atomic E-state index is 11.3. The molecule has 0 atom stereocenters. The second-order valence-electron chi connectivity index (χ2n) is 10.0. The molecule has 2 heterocycles. The molecule has 0 bridgehead atoms. The molecule has 5 heteroatoms. The van der Waals surface area contributed by atoms with Gasteiger partial charge in [0.2, 0.25) is 0 Å². The number of nitrogens with zero attached hydrogens (tertiary/aromatic N) is 1. The van der Waals surface area contributed by atoms with Gasteiger partial charge in [-0.2, -0.15) is 0 Å². The Kier molecular flexibility index (Phi) is 6.02. The van der Waals surface area contributed by atoms with Gasteiger partial charge in [0.25, 0.3) is 0 Å². The first-order valence-corrected chi connectivity index (χ1v) is 12.0. The quantitative estimate of drug-likeness (QED) is 0.661. The number of piperidine rings is 1. The number of aliphatic carboxylic acids is 1. The number of carbonyl (C=O) groups is 1. The number of rotatable bonds is 6. The summed E-state index contributed by atoms with van der Waals surface area (Å²) < 4.78 is 11.6. The summed E-state index contributed by atoms with van der Waals surface area (Å²) in [5.74, 6) is 0.288. The highest BCUT2D eigenvalue weighted by Crippen LogP contribution is 2.50. The molecule has 1 N–H and O–H groups in total. The van der Waals surface area contributed by atoms with Crippen molar-refractivity contribution in [3.63, 3.8) is 0 Å². The van der Waals surface area contributed by atoms with Gasteiger partial charge in [0.15, 0.2) is 0 Å². The maximum atomic E-state index is 11.3. The molecule has 2 fully saturated rings. The molecule has 33 heavy (non-hydrogen) atoms. The summed E-state index contributed by atoms with van der Waals surface area (Å²) in [4.78, 5) is 13.7. The van der Waals surface area contributed by atoms with Crippen molar-refractivity contribution in [3.05, 3.63) is 69.8 Å². The second-order valence-corrected chi connectivity index (χ2v) is 10.0. The summed E-state index contributed by atoms with van der Waals surface area (Å²) in [6, 6.07) is 13.1. The van der Waals surface area contributed by atoms with Crippen molar-refractivity contribution >= 4 is 11.5 Å². The van der Waals surface area contributed by atoms with Crippen LogP contribution in [0.3, 0.4) is 0 Å². The van der Waals surface area contributed by atoms with Crippen LogP contribution in [0.1, 0.15) is 59.9 Å². The van der Waals surface area contributed by atoms with Crippen molar-refractivity contribution in [1.82, 2.24) is 4.90 Å². The maximum Gasteiger partial charge on any atom is 0.303 e. The number of benzene rings is 2. The lowest BCUT2D eigenvalue weighted by atomic mass is 9.85. The Morgan fingerprint density at radius 2 is 1.91 bits per heavy atom. The van der Waals surface area contributed by atoms with Gasteiger partial charge in [-0.1, -0.05) is 29.3 Å². The zero-order chi connectivity index (χ0) is 23.0. The van der Waals surface area contributed by atoms with Crippen LogP contribution in [0, 0.1) is 12.3 Å². The number of fused-ring (bicyclic) bond motifs is 2. The number of carboxylic acid groups (broad SMARTS) is 1. The van der Waals surface area contributed by atoms with Crippen LogP contribution in [-0.4, -0.2) is 42.7 Å². The van der Waals surface area contributed by atoms with Crippen LogP contribution in [0.15, 0.2) is 42.0 Å². The zero-order valence-corrected chi connectivity index (χ0v) is 19.7. The minimum atomic E-state index is -0.665. The monoisotopic (exact) mass is 447 g/mol. The molecule has 0 amide bonds. The molecule has 3 aliphatic rings. The van der Waals surface area contributed by atoms with Gasteiger partial charge in [-0.25, -0.2) is 0 Å². The lowest BCUT2D eigenvalue weighted by molar-refractivity contribution is -0.138. The summed E-state index contributed by atoms with van der Waals surface area (Å²) in [6.07, 6.45) is 4.41. The Bertz CT molecular complexity index is 1090. The topological polar surface area (TPSA) is 59.0 Å². The lowest BCUT2D eigenvalue weighted by Crippen LogP contribution is -2.36. The molecule has 0 unspecified atom stereocenters. The van der Waals surface area contributed by atoms with Gasteiger partial charge in [-0.3, -0.25) is 4.79 Å². The minimum Gasteiger partial charge on any atom is -0.488 e. The predicted molar refractivity (Wildman–Crippen MR) is 128 cm³/mol. The molecule has 0 spiro atoms. The summed E-state index contributed by atoms with van der Waals surface area (Å²) >= 11 is 0. The van der Waals surface area contributed by atoms with Crippen molar-refractivity contribution in [1.29, 1.82) is 0 Å². The molecule has 2 aromatic rings. The molecule has 2 aliphatic heterocycles. The number of hydrogen-bond donors (Lipinski definition) is 1. The lowest BCUT2D eigenvalue weighted by Gasteiger charge is -2.33. The summed E-state index contributed by atoms with van der Waals surface area (Å²) in [6.45, 7) is 6.17. The fourth-order valence-corrected chi connectivity index (χ4v) is 5.51. The van der Waals surface area contributed by atoms with Gasteiger partial charge in [0.1, 0.15) is 12.4 Å². The fourth-order valence-electron chi connectivity index (χ4n) is 5.51. The van der Waals surface area contributed by atoms with Crippen LogP contribution in [0.5, 0.6) is 5.75 Å². The predicted octanol–water partition coefficient (Wildman–Crippen LogP) is 5.19. The SMILES string of the molecule is COCc1ccc2c(c1)COc1ccc(C)cc1C2=C1CCN(CC2(CC(=O)O)CC2)CC1. The van der Waals surface area contributed by atoms with Crippen molar-refractivity contribution in [2.24, 2.45) is 5.41 Å². The van der Waals surface area contributed by atoms with Crippen molar-refractivity contribution in [3.8, 4) is 5.75 Å². The van der Waals surface area contributed by atoms with Crippen LogP contribution in [-0.2, 0) is 22.7 Å². The van der Waals surface area contributed by atoms with Crippen LogP contribution >= 0.6 is 0 Å². The third-order valence-corrected chi connectivity index (χ3v) is 7.39. The smallest absolute Gasteiger partial charge is 0.303 e. The minimum absolute atomic E-state index is 0.0146. The van der Waals surface area contributed by atoms with E-state index in [9.17, 15) is 9.90 Å². The zero-order valence-electron chi connectivity index (χ0n) is 19.7. The molecule has 1 saturated carbocycles. The van der Waals surface area contributed by atoms with Crippen LogP contribution in [0.25, 0.3) is 5.57 Å². The summed E-state index contributed by atoms with van der Waals surface area (Å²) in [7, 11) is 1.73. The molecule has 2 aromatic carbocycles. The third-order valence-electron chi connectivity index (χ3n) is 7.39. The summed E-state index contributed by atoms with van der Waals surface area (Å²) in [5, 5.41) is 9.27. The molecule has 1 saturated heterocycles. The number of ether oxygens (including phenoxy) is 2. The van der Waals surface area contributed by atoms with Crippen LogP contribution < -0.4 is 4.74 Å². The highest BCUT2D eigenvalue weighted by Gasteiger charge is 2.45. The van der Waals surface area contributed by atoms with E-state index in [0.29, 0.717) is 19.6 Å². The number of hydrogen-bond acceptors (Lipinski definition) is 4. The first-order valence-electron chi connectivity index (χ1n) is 12.0. The molecule has 0 aromatic heterocycles. The summed E-state index contributed by atoms with van der Waals surface area (Å²) in [5.41, 5.74) is 8.89. The van der Waals surface area contributed by atoms with Crippen LogP contribution in [0.4, 0.5) is 0 Å². The number of methoxy groups -OCH3 is 1. The van der Waals surface area contributed by atoms with Crippen LogP contribution in [0.2, 0.25) is 0 Å². The first kappa shape index (κ1) is 22.2. The highest BCUT2D eigenvalue weighted by atomic mass is 16.5. The Morgan fingerprint density at radius 1 is 1.12 bits per heavy atom. The Balaban J connectivity index is 1.46. The van der Waals surface area contributed by atoms with E-state index in [2.05, 4.69) is 48.2 Å². The number of likely N-dealkylation sites (tertiary alicyclic amines) is 1. The van der Waals surface area contributed by atoms with E-state index in [0.717, 1.165) is 56.6 Å². The third kappa shape index (κ3) is 4.71. The molecule has 174 valence electrons. The Labute approximate surface area is 196 Å². The average molecular weight is 448 g/mol. The van der Waals surface area contributed by atoms with E-state index in [1.165, 1.54) is 33.4 Å².